The van der Waals surface area contributed by atoms with Crippen molar-refractivity contribution in [2.75, 3.05) is 46.9 Å². The molecule has 4 heteroatoms. The number of hydrogen-bond acceptors (Lipinski definition) is 4. The Morgan fingerprint density at radius 3 is 2.72 bits per heavy atom. The number of nitrogens with one attached hydrogen (secondary N) is 1. The van der Waals surface area contributed by atoms with E-state index in [4.69, 9.17) is 0 Å². The van der Waals surface area contributed by atoms with Gasteiger partial charge < -0.3 is 15.3 Å². The minimum absolute atomic E-state index is 0.125. The van der Waals surface area contributed by atoms with Gasteiger partial charge in [0.05, 0.1) is 6.61 Å². The van der Waals surface area contributed by atoms with Crippen molar-refractivity contribution in [2.24, 2.45) is 0 Å². The smallest absolute Gasteiger partial charge is 0.0611 e. The van der Waals surface area contributed by atoms with Crippen molar-refractivity contribution in [3.63, 3.8) is 0 Å². The Morgan fingerprint density at radius 1 is 1.44 bits per heavy atom. The van der Waals surface area contributed by atoms with Gasteiger partial charge in [-0.15, -0.1) is 0 Å². The number of nitrogens with zero attached hydrogens (tertiary/aromatic N) is 2. The molecular weight excluding hydrogens is 226 g/mol. The van der Waals surface area contributed by atoms with Crippen LogP contribution >= 0.6 is 0 Å². The van der Waals surface area contributed by atoms with Gasteiger partial charge in [0.1, 0.15) is 0 Å². The zero-order valence-corrected chi connectivity index (χ0v) is 12.6. The van der Waals surface area contributed by atoms with Gasteiger partial charge in [-0.1, -0.05) is 6.92 Å². The molecule has 4 nitrogen and oxygen atoms in total. The van der Waals surface area contributed by atoms with E-state index < -0.39 is 0 Å². The van der Waals surface area contributed by atoms with Gasteiger partial charge >= 0.3 is 0 Å². The van der Waals surface area contributed by atoms with Crippen LogP contribution < -0.4 is 5.32 Å². The lowest BCUT2D eigenvalue weighted by atomic mass is 9.98. The molecule has 0 bridgehead atoms. The Hall–Kier alpha value is -0.160. The number of hydrogen-bond donors (Lipinski definition) is 2. The molecule has 1 saturated heterocycles. The molecule has 0 aromatic heterocycles. The molecule has 0 aromatic carbocycles. The van der Waals surface area contributed by atoms with Crippen molar-refractivity contribution in [3.8, 4) is 0 Å². The zero-order valence-electron chi connectivity index (χ0n) is 12.6. The van der Waals surface area contributed by atoms with E-state index >= 15 is 0 Å². The van der Waals surface area contributed by atoms with Crippen LogP contribution in [-0.2, 0) is 0 Å². The van der Waals surface area contributed by atoms with Gasteiger partial charge in [0.15, 0.2) is 0 Å². The summed E-state index contributed by atoms with van der Waals surface area (Å²) in [6, 6.07) is 0.699. The fourth-order valence-corrected chi connectivity index (χ4v) is 2.86. The summed E-state index contributed by atoms with van der Waals surface area (Å²) in [5, 5.41) is 12.9. The third-order valence-corrected chi connectivity index (χ3v) is 3.98. The Balaban J connectivity index is 2.41. The van der Waals surface area contributed by atoms with Gasteiger partial charge in [0.2, 0.25) is 0 Å². The summed E-state index contributed by atoms with van der Waals surface area (Å²) in [4.78, 5) is 4.86. The molecule has 1 aliphatic heterocycles. The Kier molecular flexibility index (Phi) is 6.57. The summed E-state index contributed by atoms with van der Waals surface area (Å²) in [5.74, 6) is 0. The van der Waals surface area contributed by atoms with Crippen molar-refractivity contribution in [1.29, 1.82) is 0 Å². The van der Waals surface area contributed by atoms with Crippen LogP contribution in [0.1, 0.15) is 33.1 Å². The highest BCUT2D eigenvalue weighted by atomic mass is 16.3. The van der Waals surface area contributed by atoms with Crippen molar-refractivity contribution < 1.29 is 5.11 Å². The summed E-state index contributed by atoms with van der Waals surface area (Å²) in [6.45, 7) is 8.79. The molecule has 0 saturated carbocycles. The Bertz CT molecular complexity index is 235. The minimum Gasteiger partial charge on any atom is -0.394 e. The standard InChI is InChI=1S/C14H31N3O/c1-5-15-14(2,12-18)8-10-17-9-6-7-13(17)11-16(3)4/h13,15,18H,5-12H2,1-4H3. The molecule has 0 aromatic rings. The fourth-order valence-electron chi connectivity index (χ4n) is 2.86. The van der Waals surface area contributed by atoms with Crippen molar-refractivity contribution in [3.05, 3.63) is 0 Å². The van der Waals surface area contributed by atoms with E-state index in [2.05, 4.69) is 43.1 Å². The summed E-state index contributed by atoms with van der Waals surface area (Å²) in [5.41, 5.74) is -0.125. The van der Waals surface area contributed by atoms with E-state index in [0.29, 0.717) is 6.04 Å². The average Bonchev–Trinajstić information content (AvgIpc) is 2.73. The predicted molar refractivity (Wildman–Crippen MR) is 76.9 cm³/mol. The van der Waals surface area contributed by atoms with E-state index in [0.717, 1.165) is 26.1 Å². The molecule has 1 aliphatic rings. The molecule has 2 atom stereocenters. The molecule has 2 unspecified atom stereocenters. The van der Waals surface area contributed by atoms with E-state index in [-0.39, 0.29) is 12.1 Å². The van der Waals surface area contributed by atoms with Crippen molar-refractivity contribution >= 4 is 0 Å². The van der Waals surface area contributed by atoms with Crippen LogP contribution in [0.2, 0.25) is 0 Å². The summed E-state index contributed by atoms with van der Waals surface area (Å²) < 4.78 is 0. The maximum absolute atomic E-state index is 9.51. The largest absolute Gasteiger partial charge is 0.394 e. The Labute approximate surface area is 112 Å². The molecular formula is C14H31N3O. The molecule has 2 N–H and O–H groups in total. The number of rotatable bonds is 8. The van der Waals surface area contributed by atoms with Gasteiger partial charge in [-0.25, -0.2) is 0 Å². The first-order valence-electron chi connectivity index (χ1n) is 7.25. The number of likely N-dealkylation sites (N-methyl/N-ethyl adjacent to an activating group) is 2. The monoisotopic (exact) mass is 257 g/mol. The number of aliphatic hydroxyl groups excluding tert-OH is 1. The normalized spacial score (nSPS) is 24.7. The van der Waals surface area contributed by atoms with Crippen molar-refractivity contribution in [1.82, 2.24) is 15.1 Å². The molecule has 0 amide bonds. The summed E-state index contributed by atoms with van der Waals surface area (Å²) >= 11 is 0. The van der Waals surface area contributed by atoms with Crippen LogP contribution in [0.4, 0.5) is 0 Å². The fraction of sp³-hybridized carbons (Fsp3) is 1.00. The second-order valence-corrected chi connectivity index (χ2v) is 6.09. The summed E-state index contributed by atoms with van der Waals surface area (Å²) in [7, 11) is 4.29. The van der Waals surface area contributed by atoms with Gasteiger partial charge in [-0.05, 0) is 53.4 Å². The van der Waals surface area contributed by atoms with E-state index in [1.165, 1.54) is 19.4 Å². The predicted octanol–water partition coefficient (Wildman–Crippen LogP) is 0.763. The highest BCUT2D eigenvalue weighted by molar-refractivity contribution is 4.87. The maximum Gasteiger partial charge on any atom is 0.0611 e. The first-order valence-corrected chi connectivity index (χ1v) is 7.25. The minimum atomic E-state index is -0.125. The quantitative estimate of drug-likeness (QED) is 0.673. The highest BCUT2D eigenvalue weighted by Gasteiger charge is 2.28. The molecule has 0 spiro atoms. The van der Waals surface area contributed by atoms with Crippen LogP contribution in [-0.4, -0.2) is 73.4 Å². The second-order valence-electron chi connectivity index (χ2n) is 6.09. The number of aliphatic hydroxyl groups is 1. The third-order valence-electron chi connectivity index (χ3n) is 3.98. The van der Waals surface area contributed by atoms with Crippen molar-refractivity contribution in [2.45, 2.75) is 44.7 Å². The van der Waals surface area contributed by atoms with Crippen LogP contribution in [0.3, 0.4) is 0 Å². The highest BCUT2D eigenvalue weighted by Crippen LogP contribution is 2.20. The molecule has 1 heterocycles. The Morgan fingerprint density at radius 2 is 2.17 bits per heavy atom. The van der Waals surface area contributed by atoms with Gasteiger partial charge in [-0.3, -0.25) is 4.90 Å². The molecule has 18 heavy (non-hydrogen) atoms. The first kappa shape index (κ1) is 15.9. The van der Waals surface area contributed by atoms with E-state index in [9.17, 15) is 5.11 Å². The van der Waals surface area contributed by atoms with Gasteiger partial charge in [-0.2, -0.15) is 0 Å². The second kappa shape index (κ2) is 7.43. The van der Waals surface area contributed by atoms with Gasteiger partial charge in [0, 0.05) is 24.7 Å². The first-order chi connectivity index (χ1) is 8.50. The maximum atomic E-state index is 9.51. The average molecular weight is 257 g/mol. The van der Waals surface area contributed by atoms with Crippen LogP contribution in [0.15, 0.2) is 0 Å². The SMILES string of the molecule is CCNC(C)(CO)CCN1CCCC1CN(C)C. The molecule has 0 radical (unpaired) electrons. The topological polar surface area (TPSA) is 38.7 Å². The molecule has 108 valence electrons. The number of likely N-dealkylation sites (tertiary alicyclic amines) is 1. The van der Waals surface area contributed by atoms with E-state index in [1.54, 1.807) is 0 Å². The van der Waals surface area contributed by atoms with Gasteiger partial charge in [0.25, 0.3) is 0 Å². The molecule has 0 aliphatic carbocycles. The van der Waals surface area contributed by atoms with Crippen LogP contribution in [0.25, 0.3) is 0 Å². The van der Waals surface area contributed by atoms with Crippen LogP contribution in [0.5, 0.6) is 0 Å². The zero-order chi connectivity index (χ0) is 13.6. The molecule has 1 rings (SSSR count). The lowest BCUT2D eigenvalue weighted by molar-refractivity contribution is 0.136. The van der Waals surface area contributed by atoms with Crippen LogP contribution in [0, 0.1) is 0 Å². The lowest BCUT2D eigenvalue weighted by Gasteiger charge is -2.33. The third kappa shape index (κ3) is 4.84. The summed E-state index contributed by atoms with van der Waals surface area (Å²) in [6.07, 6.45) is 3.64. The van der Waals surface area contributed by atoms with E-state index in [1.807, 2.05) is 0 Å². The molecule has 1 fully saturated rings. The lowest BCUT2D eigenvalue weighted by Crippen LogP contribution is -2.49.